The second-order valence-electron chi connectivity index (χ2n) is 5.80. The van der Waals surface area contributed by atoms with Crippen LogP contribution in [0, 0.1) is 29.1 Å². The van der Waals surface area contributed by atoms with Gasteiger partial charge in [-0.1, -0.05) is 6.92 Å². The van der Waals surface area contributed by atoms with Crippen LogP contribution in [0.4, 0.5) is 22.0 Å². The minimum absolute atomic E-state index is 0.117. The molecule has 146 valence electrons. The van der Waals surface area contributed by atoms with Gasteiger partial charge in [0, 0.05) is 23.1 Å². The van der Waals surface area contributed by atoms with Crippen LogP contribution in [-0.2, 0) is 17.6 Å². The highest BCUT2D eigenvalue weighted by atomic mass is 19.2. The Kier molecular flexibility index (Phi) is 5.17. The molecule has 4 nitrogen and oxygen atoms in total. The van der Waals surface area contributed by atoms with E-state index in [1.807, 2.05) is 6.92 Å². The molecule has 0 radical (unpaired) electrons. The lowest BCUT2D eigenvalue weighted by atomic mass is 10.1. The van der Waals surface area contributed by atoms with Gasteiger partial charge in [0.25, 0.3) is 0 Å². The highest BCUT2D eigenvalue weighted by Gasteiger charge is 2.27. The van der Waals surface area contributed by atoms with Crippen LogP contribution in [0.1, 0.15) is 18.1 Å². The van der Waals surface area contributed by atoms with Crippen molar-refractivity contribution < 1.29 is 35.9 Å². The lowest BCUT2D eigenvalue weighted by Gasteiger charge is -2.09. The summed E-state index contributed by atoms with van der Waals surface area (Å²) in [4.78, 5) is 23.5. The van der Waals surface area contributed by atoms with Gasteiger partial charge < -0.3 is 9.15 Å². The third-order valence-electron chi connectivity index (χ3n) is 4.04. The smallest absolute Gasteiger partial charge is 0.336 e. The van der Waals surface area contributed by atoms with Crippen molar-refractivity contribution in [2.24, 2.45) is 0 Å². The summed E-state index contributed by atoms with van der Waals surface area (Å²) in [5.41, 5.74) is -1.10. The molecule has 28 heavy (non-hydrogen) atoms. The third kappa shape index (κ3) is 3.47. The summed E-state index contributed by atoms with van der Waals surface area (Å²) < 4.78 is 76.7. The number of hydrogen-bond donors (Lipinski definition) is 0. The fourth-order valence-electron chi connectivity index (χ4n) is 2.68. The minimum Gasteiger partial charge on any atom is -0.426 e. The monoisotopic (exact) mass is 398 g/mol. The fraction of sp³-hybridized carbons (Fsp3) is 0.158. The number of fused-ring (bicyclic) bond motifs is 1. The second kappa shape index (κ2) is 7.41. The molecule has 0 aliphatic heterocycles. The normalized spacial score (nSPS) is 11.1. The van der Waals surface area contributed by atoms with Gasteiger partial charge in [-0.15, -0.1) is 0 Å². The number of esters is 1. The molecule has 0 saturated heterocycles. The minimum atomic E-state index is -2.32. The number of carbonyl (C=O) groups excluding carboxylic acids is 1. The predicted octanol–water partition coefficient (Wildman–Crippen LogP) is 4.20. The Bertz CT molecular complexity index is 1120. The quantitative estimate of drug-likeness (QED) is 0.165. The van der Waals surface area contributed by atoms with E-state index in [1.54, 1.807) is 0 Å². The van der Waals surface area contributed by atoms with Crippen molar-refractivity contribution >= 4 is 16.9 Å². The average molecular weight is 398 g/mol. The van der Waals surface area contributed by atoms with E-state index in [0.29, 0.717) is 17.4 Å². The lowest BCUT2D eigenvalue weighted by molar-refractivity contribution is -0.133. The standard InChI is InChI=1S/C19H11F5O4/c1-2-8-5-13(25)28-12-6-9(3-4-10(8)12)27-14(26)7-11-15(20)17(22)19(24)18(23)16(11)21/h3-6H,2,7H2,1H3. The molecule has 0 atom stereocenters. The van der Waals surface area contributed by atoms with Crippen molar-refractivity contribution in [1.29, 1.82) is 0 Å². The highest BCUT2D eigenvalue weighted by molar-refractivity contribution is 5.83. The van der Waals surface area contributed by atoms with Crippen molar-refractivity contribution in [3.63, 3.8) is 0 Å². The molecule has 0 fully saturated rings. The number of rotatable bonds is 4. The van der Waals surface area contributed by atoms with E-state index in [2.05, 4.69) is 0 Å². The van der Waals surface area contributed by atoms with Crippen molar-refractivity contribution in [2.45, 2.75) is 19.8 Å². The van der Waals surface area contributed by atoms with Crippen molar-refractivity contribution in [1.82, 2.24) is 0 Å². The maximum Gasteiger partial charge on any atom is 0.336 e. The van der Waals surface area contributed by atoms with Crippen LogP contribution < -0.4 is 10.4 Å². The van der Waals surface area contributed by atoms with Gasteiger partial charge in [0.05, 0.1) is 6.42 Å². The van der Waals surface area contributed by atoms with Crippen molar-refractivity contribution in [3.05, 3.63) is 74.9 Å². The summed E-state index contributed by atoms with van der Waals surface area (Å²) in [5, 5.41) is 0.599. The Balaban J connectivity index is 1.89. The summed E-state index contributed by atoms with van der Waals surface area (Å²) in [5.74, 6) is -12.2. The molecule has 0 aliphatic rings. The zero-order valence-electron chi connectivity index (χ0n) is 14.2. The topological polar surface area (TPSA) is 56.5 Å². The first-order valence-corrected chi connectivity index (χ1v) is 8.00. The van der Waals surface area contributed by atoms with Gasteiger partial charge in [-0.3, -0.25) is 4.79 Å². The zero-order valence-corrected chi connectivity index (χ0v) is 14.2. The van der Waals surface area contributed by atoms with E-state index in [4.69, 9.17) is 9.15 Å². The van der Waals surface area contributed by atoms with E-state index in [9.17, 15) is 31.5 Å². The van der Waals surface area contributed by atoms with Gasteiger partial charge in [0.1, 0.15) is 11.3 Å². The van der Waals surface area contributed by atoms with E-state index in [0.717, 1.165) is 0 Å². The Morgan fingerprint density at radius 2 is 1.57 bits per heavy atom. The number of halogens is 5. The molecule has 0 bridgehead atoms. The first-order valence-electron chi connectivity index (χ1n) is 8.00. The van der Waals surface area contributed by atoms with Gasteiger partial charge in [0.2, 0.25) is 5.82 Å². The van der Waals surface area contributed by atoms with Crippen LogP contribution >= 0.6 is 0 Å². The zero-order chi connectivity index (χ0) is 20.6. The molecule has 3 rings (SSSR count). The van der Waals surface area contributed by atoms with Crippen LogP contribution in [0.5, 0.6) is 5.75 Å². The molecule has 9 heteroatoms. The van der Waals surface area contributed by atoms with Gasteiger partial charge in [-0.05, 0) is 24.1 Å². The molecule has 0 saturated carbocycles. The Morgan fingerprint density at radius 1 is 0.964 bits per heavy atom. The van der Waals surface area contributed by atoms with Crippen LogP contribution in [0.15, 0.2) is 33.5 Å². The molecule has 0 amide bonds. The van der Waals surface area contributed by atoms with Gasteiger partial charge in [-0.25, -0.2) is 26.7 Å². The first-order chi connectivity index (χ1) is 13.2. The van der Waals surface area contributed by atoms with Crippen molar-refractivity contribution in [2.75, 3.05) is 0 Å². The number of hydrogen-bond acceptors (Lipinski definition) is 4. The molecule has 0 unspecified atom stereocenters. The predicted molar refractivity (Wildman–Crippen MR) is 87.4 cm³/mol. The largest absolute Gasteiger partial charge is 0.426 e. The SMILES string of the molecule is CCc1cc(=O)oc2cc(OC(=O)Cc3c(F)c(F)c(F)c(F)c3F)ccc12. The van der Waals surface area contributed by atoms with Crippen LogP contribution in [-0.4, -0.2) is 5.97 Å². The summed E-state index contributed by atoms with van der Waals surface area (Å²) in [6, 6.07) is 5.39. The van der Waals surface area contributed by atoms with E-state index in [1.165, 1.54) is 24.3 Å². The highest BCUT2D eigenvalue weighted by Crippen LogP contribution is 2.26. The third-order valence-corrected chi connectivity index (χ3v) is 4.04. The summed E-state index contributed by atoms with van der Waals surface area (Å²) in [6.07, 6.45) is -0.649. The number of carbonyl (C=O) groups is 1. The molecule has 0 aliphatic carbocycles. The molecular formula is C19H11F5O4. The Morgan fingerprint density at radius 3 is 2.18 bits per heavy atom. The molecule has 2 aromatic carbocycles. The van der Waals surface area contributed by atoms with Crippen LogP contribution in [0.2, 0.25) is 0 Å². The molecule has 0 spiro atoms. The number of benzene rings is 2. The maximum atomic E-state index is 13.7. The molecule has 1 heterocycles. The number of aryl methyl sites for hydroxylation is 1. The van der Waals surface area contributed by atoms with Gasteiger partial charge in [-0.2, -0.15) is 0 Å². The van der Waals surface area contributed by atoms with Gasteiger partial charge in [0.15, 0.2) is 23.3 Å². The molecular weight excluding hydrogens is 387 g/mol. The van der Waals surface area contributed by atoms with E-state index < -0.39 is 52.7 Å². The summed E-state index contributed by atoms with van der Waals surface area (Å²) in [6.45, 7) is 1.83. The van der Waals surface area contributed by atoms with E-state index >= 15 is 0 Å². The Labute approximate surface area is 154 Å². The molecule has 0 N–H and O–H groups in total. The first kappa shape index (κ1) is 19.5. The second-order valence-corrected chi connectivity index (χ2v) is 5.80. The summed E-state index contributed by atoms with van der Waals surface area (Å²) >= 11 is 0. The maximum absolute atomic E-state index is 13.7. The molecule has 1 aromatic heterocycles. The average Bonchev–Trinajstić information content (AvgIpc) is 2.67. The molecule has 3 aromatic rings. The van der Waals surface area contributed by atoms with Crippen LogP contribution in [0.25, 0.3) is 11.0 Å². The number of ether oxygens (including phenoxy) is 1. The lowest BCUT2D eigenvalue weighted by Crippen LogP contribution is -2.16. The van der Waals surface area contributed by atoms with Crippen molar-refractivity contribution in [3.8, 4) is 5.75 Å². The fourth-order valence-corrected chi connectivity index (χ4v) is 2.68. The summed E-state index contributed by atoms with van der Waals surface area (Å²) in [7, 11) is 0. The Hall–Kier alpha value is -3.23. The van der Waals surface area contributed by atoms with Crippen LogP contribution in [0.3, 0.4) is 0 Å². The van der Waals surface area contributed by atoms with E-state index in [-0.39, 0.29) is 11.3 Å². The van der Waals surface area contributed by atoms with Gasteiger partial charge >= 0.3 is 11.6 Å².